The molecule has 1 aromatic carbocycles. The van der Waals surface area contributed by atoms with Crippen LogP contribution in [0, 0.1) is 5.92 Å². The molecule has 3 atom stereocenters. The standard InChI is InChI=1S/C28H31N3O7/c1-36-23-7-6-17(9-24(23)37-2)20(11-25(29)33)28-27(35)22(32)10-19(38-28)15-30-12-16-8-18(14-30)21-4-3-5-26(34)31(21)13-16/h3-7,9-10,16,18,20,35H,8,11-15H2,1-2H3,(H2,29,33)/t16-,18+,20-/m0/s1. The van der Waals surface area contributed by atoms with Crippen molar-refractivity contribution in [3.8, 4) is 17.2 Å². The zero-order valence-electron chi connectivity index (χ0n) is 21.4. The van der Waals surface area contributed by atoms with E-state index in [0.29, 0.717) is 48.4 Å². The van der Waals surface area contributed by atoms with Gasteiger partial charge in [-0.2, -0.15) is 0 Å². The van der Waals surface area contributed by atoms with E-state index in [-0.39, 0.29) is 23.7 Å². The minimum Gasteiger partial charge on any atom is -0.502 e. The summed E-state index contributed by atoms with van der Waals surface area (Å²) in [4.78, 5) is 39.4. The van der Waals surface area contributed by atoms with Gasteiger partial charge in [0, 0.05) is 49.8 Å². The third-order valence-electron chi connectivity index (χ3n) is 7.47. The Labute approximate surface area is 219 Å². The number of aromatic hydroxyl groups is 1. The maximum atomic E-state index is 12.8. The second-order valence-electron chi connectivity index (χ2n) is 10.0. The highest BCUT2D eigenvalue weighted by molar-refractivity contribution is 5.75. The fourth-order valence-corrected chi connectivity index (χ4v) is 5.85. The number of amides is 1. The molecule has 0 aliphatic carbocycles. The Kier molecular flexibility index (Phi) is 6.98. The van der Waals surface area contributed by atoms with Crippen LogP contribution in [0.5, 0.6) is 17.2 Å². The largest absolute Gasteiger partial charge is 0.502 e. The number of carbonyl (C=O) groups excluding carboxylic acids is 1. The van der Waals surface area contributed by atoms with Crippen LogP contribution in [0.15, 0.2) is 56.5 Å². The molecular formula is C28H31N3O7. The van der Waals surface area contributed by atoms with Crippen molar-refractivity contribution in [1.82, 2.24) is 9.47 Å². The van der Waals surface area contributed by atoms with Gasteiger partial charge < -0.3 is 29.3 Å². The van der Waals surface area contributed by atoms with Crippen molar-refractivity contribution in [3.63, 3.8) is 0 Å². The first kappa shape index (κ1) is 25.6. The lowest BCUT2D eigenvalue weighted by molar-refractivity contribution is -0.118. The van der Waals surface area contributed by atoms with Crippen molar-refractivity contribution < 1.29 is 23.8 Å². The highest BCUT2D eigenvalue weighted by atomic mass is 16.5. The van der Waals surface area contributed by atoms with E-state index in [1.807, 2.05) is 10.6 Å². The van der Waals surface area contributed by atoms with Gasteiger partial charge in [0.15, 0.2) is 17.3 Å². The third-order valence-corrected chi connectivity index (χ3v) is 7.47. The van der Waals surface area contributed by atoms with Gasteiger partial charge in [-0.3, -0.25) is 19.3 Å². The van der Waals surface area contributed by atoms with Crippen LogP contribution in [-0.4, -0.2) is 47.8 Å². The average Bonchev–Trinajstić information content (AvgIpc) is 2.89. The fourth-order valence-electron chi connectivity index (χ4n) is 5.85. The van der Waals surface area contributed by atoms with Gasteiger partial charge in [-0.1, -0.05) is 12.1 Å². The number of aromatic nitrogens is 1. The molecule has 4 heterocycles. The van der Waals surface area contributed by atoms with Gasteiger partial charge in [0.05, 0.1) is 26.7 Å². The zero-order valence-corrected chi connectivity index (χ0v) is 21.4. The molecule has 1 saturated heterocycles. The molecule has 2 aliphatic heterocycles. The Balaban J connectivity index is 1.46. The number of methoxy groups -OCH3 is 2. The molecule has 0 spiro atoms. The van der Waals surface area contributed by atoms with Crippen LogP contribution in [-0.2, 0) is 17.9 Å². The number of rotatable bonds is 8. The highest BCUT2D eigenvalue weighted by Gasteiger charge is 2.35. The maximum Gasteiger partial charge on any atom is 0.250 e. The van der Waals surface area contributed by atoms with E-state index in [0.717, 1.165) is 18.7 Å². The number of pyridine rings is 1. The summed E-state index contributed by atoms with van der Waals surface area (Å²) in [5.41, 5.74) is 6.58. The van der Waals surface area contributed by atoms with Gasteiger partial charge >= 0.3 is 0 Å². The summed E-state index contributed by atoms with van der Waals surface area (Å²) in [5.74, 6) is -0.193. The van der Waals surface area contributed by atoms with Gasteiger partial charge in [0.25, 0.3) is 5.56 Å². The van der Waals surface area contributed by atoms with E-state index in [2.05, 4.69) is 4.90 Å². The molecule has 1 fully saturated rings. The summed E-state index contributed by atoms with van der Waals surface area (Å²) in [6.07, 6.45) is 0.819. The summed E-state index contributed by atoms with van der Waals surface area (Å²) < 4.78 is 18.7. The first-order valence-corrected chi connectivity index (χ1v) is 12.6. The van der Waals surface area contributed by atoms with E-state index < -0.39 is 23.0 Å². The first-order chi connectivity index (χ1) is 18.3. The highest BCUT2D eigenvalue weighted by Crippen LogP contribution is 2.39. The molecule has 3 aromatic rings. The number of hydrogen-bond donors (Lipinski definition) is 2. The van der Waals surface area contributed by atoms with Crippen molar-refractivity contribution in [1.29, 1.82) is 0 Å². The first-order valence-electron chi connectivity index (χ1n) is 12.6. The van der Waals surface area contributed by atoms with E-state index in [1.54, 1.807) is 30.3 Å². The summed E-state index contributed by atoms with van der Waals surface area (Å²) >= 11 is 0. The summed E-state index contributed by atoms with van der Waals surface area (Å²) in [6, 6.07) is 11.7. The van der Waals surface area contributed by atoms with Gasteiger partial charge in [-0.15, -0.1) is 0 Å². The lowest BCUT2D eigenvalue weighted by Crippen LogP contribution is -2.46. The fraction of sp³-hybridized carbons (Fsp3) is 0.393. The number of carbonyl (C=O) groups is 1. The number of benzene rings is 1. The monoisotopic (exact) mass is 521 g/mol. The second kappa shape index (κ2) is 10.4. The maximum absolute atomic E-state index is 12.8. The summed E-state index contributed by atoms with van der Waals surface area (Å²) in [7, 11) is 3.00. The minimum absolute atomic E-state index is 0.0207. The van der Waals surface area contributed by atoms with E-state index in [4.69, 9.17) is 19.6 Å². The third kappa shape index (κ3) is 4.91. The Hall–Kier alpha value is -4.05. The second-order valence-corrected chi connectivity index (χ2v) is 10.0. The van der Waals surface area contributed by atoms with Gasteiger partial charge in [-0.25, -0.2) is 0 Å². The average molecular weight is 522 g/mol. The SMILES string of the molecule is COc1ccc([C@H](CC(N)=O)c2oc(CN3C[C@@H]4C[C@H](C3)c3cccc(=O)n3C4)cc(=O)c2O)cc1OC. The van der Waals surface area contributed by atoms with Crippen LogP contribution in [0.1, 0.15) is 47.5 Å². The van der Waals surface area contributed by atoms with Gasteiger partial charge in [0.2, 0.25) is 17.1 Å². The van der Waals surface area contributed by atoms with Crippen LogP contribution < -0.4 is 26.2 Å². The molecule has 5 rings (SSSR count). The minimum atomic E-state index is -0.806. The molecule has 200 valence electrons. The smallest absolute Gasteiger partial charge is 0.250 e. The molecule has 0 saturated carbocycles. The molecule has 2 bridgehead atoms. The van der Waals surface area contributed by atoms with Crippen molar-refractivity contribution in [2.75, 3.05) is 27.3 Å². The summed E-state index contributed by atoms with van der Waals surface area (Å²) in [6.45, 7) is 2.46. The number of piperidine rings is 1. The number of fused-ring (bicyclic) bond motifs is 4. The molecule has 2 aliphatic rings. The van der Waals surface area contributed by atoms with Crippen molar-refractivity contribution in [3.05, 3.63) is 85.8 Å². The Bertz CT molecular complexity index is 1480. The number of likely N-dealkylation sites (tertiary alicyclic amines) is 1. The van der Waals surface area contributed by atoms with Crippen molar-refractivity contribution >= 4 is 5.91 Å². The molecule has 0 radical (unpaired) electrons. The topological polar surface area (TPSA) is 137 Å². The predicted octanol–water partition coefficient (Wildman–Crippen LogP) is 2.15. The van der Waals surface area contributed by atoms with Gasteiger partial charge in [-0.05, 0) is 36.1 Å². The molecule has 2 aromatic heterocycles. The quantitative estimate of drug-likeness (QED) is 0.460. The Morgan fingerprint density at radius 1 is 1.11 bits per heavy atom. The van der Waals surface area contributed by atoms with E-state index >= 15 is 0 Å². The van der Waals surface area contributed by atoms with Crippen LogP contribution in [0.4, 0.5) is 0 Å². The number of ether oxygens (including phenoxy) is 2. The predicted molar refractivity (Wildman–Crippen MR) is 139 cm³/mol. The van der Waals surface area contributed by atoms with Gasteiger partial charge in [0.1, 0.15) is 5.76 Å². The van der Waals surface area contributed by atoms with Crippen molar-refractivity contribution in [2.24, 2.45) is 11.7 Å². The normalized spacial score (nSPS) is 19.4. The van der Waals surface area contributed by atoms with E-state index in [1.165, 1.54) is 20.3 Å². The molecule has 10 heteroatoms. The number of primary amides is 1. The molecule has 1 amide bonds. The van der Waals surface area contributed by atoms with Crippen LogP contribution in [0.25, 0.3) is 0 Å². The van der Waals surface area contributed by atoms with Crippen molar-refractivity contribution in [2.45, 2.75) is 37.8 Å². The number of nitrogens with two attached hydrogens (primary N) is 1. The zero-order chi connectivity index (χ0) is 27.0. The molecular weight excluding hydrogens is 490 g/mol. The molecule has 38 heavy (non-hydrogen) atoms. The van der Waals surface area contributed by atoms with Crippen LogP contribution >= 0.6 is 0 Å². The molecule has 3 N–H and O–H groups in total. The van der Waals surface area contributed by atoms with Crippen LogP contribution in [0.3, 0.4) is 0 Å². The Morgan fingerprint density at radius 3 is 2.63 bits per heavy atom. The Morgan fingerprint density at radius 2 is 1.89 bits per heavy atom. The lowest BCUT2D eigenvalue weighted by atomic mass is 9.83. The molecule has 10 nitrogen and oxygen atoms in total. The molecule has 0 unspecified atom stereocenters. The summed E-state index contributed by atoms with van der Waals surface area (Å²) in [5, 5.41) is 10.7. The number of hydrogen-bond acceptors (Lipinski definition) is 8. The van der Waals surface area contributed by atoms with Crippen LogP contribution in [0.2, 0.25) is 0 Å². The number of nitrogens with zero attached hydrogens (tertiary/aromatic N) is 2. The van der Waals surface area contributed by atoms with E-state index in [9.17, 15) is 19.5 Å². The lowest BCUT2D eigenvalue weighted by Gasteiger charge is -2.42.